The Kier molecular flexibility index (Phi) is 4.28. The van der Waals surface area contributed by atoms with Gasteiger partial charge in [-0.2, -0.15) is 0 Å². The van der Waals surface area contributed by atoms with E-state index in [9.17, 15) is 0 Å². The van der Waals surface area contributed by atoms with Gasteiger partial charge >= 0.3 is 0 Å². The van der Waals surface area contributed by atoms with E-state index in [0.717, 1.165) is 11.5 Å². The van der Waals surface area contributed by atoms with Crippen LogP contribution in [0.15, 0.2) is 48.5 Å². The minimum atomic E-state index is -1.74. The van der Waals surface area contributed by atoms with Gasteiger partial charge in [-0.05, 0) is 65.8 Å². The summed E-state index contributed by atoms with van der Waals surface area (Å²) in [7, 11) is 3.33. The predicted molar refractivity (Wildman–Crippen MR) is 85.5 cm³/mol. The van der Waals surface area contributed by atoms with Crippen molar-refractivity contribution in [1.29, 1.82) is 0 Å². The Bertz CT molecular complexity index is 539. The van der Waals surface area contributed by atoms with Crippen molar-refractivity contribution in [2.75, 3.05) is 20.9 Å². The molecule has 0 aliphatic heterocycles. The van der Waals surface area contributed by atoms with Crippen LogP contribution in [0.5, 0.6) is 11.5 Å². The summed E-state index contributed by atoms with van der Waals surface area (Å²) < 4.78 is 10.4. The van der Waals surface area contributed by atoms with Crippen LogP contribution in [0.4, 0.5) is 0 Å². The van der Waals surface area contributed by atoms with Crippen LogP contribution in [0.25, 0.3) is 0 Å². The van der Waals surface area contributed by atoms with Crippen molar-refractivity contribution in [3.63, 3.8) is 0 Å². The lowest BCUT2D eigenvalue weighted by atomic mass is 10.3. The van der Waals surface area contributed by atoms with E-state index >= 15 is 0 Å². The maximum absolute atomic E-state index is 5.86. The molecular formula is C15H17O2PS. The molecule has 0 radical (unpaired) electrons. The molecule has 2 nitrogen and oxygen atoms in total. The first kappa shape index (κ1) is 14.1. The summed E-state index contributed by atoms with van der Waals surface area (Å²) in [5.74, 6) is 1.71. The van der Waals surface area contributed by atoms with Gasteiger partial charge < -0.3 is 9.47 Å². The largest absolute Gasteiger partial charge is 0.497 e. The first-order valence-corrected chi connectivity index (χ1v) is 9.19. The van der Waals surface area contributed by atoms with Gasteiger partial charge in [0, 0.05) is 6.04 Å². The first-order chi connectivity index (χ1) is 9.07. The molecule has 0 fully saturated rings. The van der Waals surface area contributed by atoms with E-state index in [4.69, 9.17) is 21.3 Å². The maximum Gasteiger partial charge on any atom is 0.118 e. The van der Waals surface area contributed by atoms with Crippen molar-refractivity contribution in [2.45, 2.75) is 0 Å². The molecule has 2 rings (SSSR count). The van der Waals surface area contributed by atoms with Crippen molar-refractivity contribution in [1.82, 2.24) is 0 Å². The Hall–Kier alpha value is -1.31. The fourth-order valence-corrected chi connectivity index (χ4v) is 4.35. The molecule has 0 saturated carbocycles. The Morgan fingerprint density at radius 2 is 1.05 bits per heavy atom. The molecular weight excluding hydrogens is 275 g/mol. The molecule has 0 spiro atoms. The van der Waals surface area contributed by atoms with Crippen LogP contribution in [0.1, 0.15) is 0 Å². The Labute approximate surface area is 119 Å². The highest BCUT2D eigenvalue weighted by atomic mass is 32.4. The van der Waals surface area contributed by atoms with Crippen molar-refractivity contribution >= 4 is 28.5 Å². The lowest BCUT2D eigenvalue weighted by Gasteiger charge is -2.18. The van der Waals surface area contributed by atoms with Crippen LogP contribution in [-0.4, -0.2) is 20.9 Å². The molecule has 0 bridgehead atoms. The first-order valence-electron chi connectivity index (χ1n) is 5.94. The minimum absolute atomic E-state index is 0.855. The predicted octanol–water partition coefficient (Wildman–Crippen LogP) is 2.76. The van der Waals surface area contributed by atoms with E-state index in [2.05, 4.69) is 30.9 Å². The van der Waals surface area contributed by atoms with E-state index in [1.54, 1.807) is 14.2 Å². The van der Waals surface area contributed by atoms with E-state index in [0.29, 0.717) is 0 Å². The van der Waals surface area contributed by atoms with E-state index in [1.165, 1.54) is 10.6 Å². The molecule has 0 saturated heterocycles. The number of benzene rings is 2. The quantitative estimate of drug-likeness (QED) is 0.807. The lowest BCUT2D eigenvalue weighted by molar-refractivity contribution is 0.415. The second-order valence-corrected chi connectivity index (χ2v) is 9.39. The van der Waals surface area contributed by atoms with Crippen molar-refractivity contribution in [3.05, 3.63) is 48.5 Å². The Balaban J connectivity index is 2.36. The average molecular weight is 292 g/mol. The van der Waals surface area contributed by atoms with E-state index in [1.807, 2.05) is 24.3 Å². The summed E-state index contributed by atoms with van der Waals surface area (Å²) in [5, 5.41) is 2.38. The smallest absolute Gasteiger partial charge is 0.118 e. The zero-order chi connectivity index (χ0) is 13.9. The van der Waals surface area contributed by atoms with Crippen molar-refractivity contribution < 1.29 is 9.47 Å². The fourth-order valence-electron chi connectivity index (χ4n) is 1.88. The Morgan fingerprint density at radius 1 is 0.737 bits per heavy atom. The van der Waals surface area contributed by atoms with Gasteiger partial charge in [0.2, 0.25) is 0 Å². The molecule has 0 heterocycles. The summed E-state index contributed by atoms with van der Waals surface area (Å²) in [6.07, 6.45) is 0. The van der Waals surface area contributed by atoms with Gasteiger partial charge in [0.05, 0.1) is 14.2 Å². The molecule has 0 unspecified atom stereocenters. The van der Waals surface area contributed by atoms with Gasteiger partial charge in [-0.25, -0.2) is 0 Å². The maximum atomic E-state index is 5.86. The highest BCUT2D eigenvalue weighted by molar-refractivity contribution is 8.21. The summed E-state index contributed by atoms with van der Waals surface area (Å²) in [4.78, 5) is 0. The minimum Gasteiger partial charge on any atom is -0.497 e. The van der Waals surface area contributed by atoms with Gasteiger partial charge in [0.25, 0.3) is 0 Å². The third-order valence-electron chi connectivity index (χ3n) is 3.13. The van der Waals surface area contributed by atoms with Crippen LogP contribution in [0.3, 0.4) is 0 Å². The van der Waals surface area contributed by atoms with Gasteiger partial charge in [-0.1, -0.05) is 11.8 Å². The zero-order valence-corrected chi connectivity index (χ0v) is 13.0. The van der Waals surface area contributed by atoms with E-state index in [-0.39, 0.29) is 0 Å². The van der Waals surface area contributed by atoms with E-state index < -0.39 is 6.04 Å². The van der Waals surface area contributed by atoms with Crippen LogP contribution in [0, 0.1) is 0 Å². The summed E-state index contributed by atoms with van der Waals surface area (Å²) >= 11 is 5.86. The summed E-state index contributed by atoms with van der Waals surface area (Å²) in [6.45, 7) is 2.14. The van der Waals surface area contributed by atoms with Crippen LogP contribution >= 0.6 is 6.04 Å². The van der Waals surface area contributed by atoms with Gasteiger partial charge in [-0.15, -0.1) is 0 Å². The molecule has 4 heteroatoms. The molecule has 0 aromatic heterocycles. The lowest BCUT2D eigenvalue weighted by Crippen LogP contribution is -2.14. The third kappa shape index (κ3) is 2.99. The SMILES string of the molecule is COc1ccc(P(C)(=S)c2ccc(OC)cc2)cc1. The molecule has 2 aromatic carbocycles. The molecule has 0 amide bonds. The normalized spacial score (nSPS) is 11.1. The second kappa shape index (κ2) is 5.77. The zero-order valence-electron chi connectivity index (χ0n) is 11.3. The average Bonchev–Trinajstić information content (AvgIpc) is 2.47. The monoisotopic (exact) mass is 292 g/mol. The molecule has 0 N–H and O–H groups in total. The Morgan fingerprint density at radius 3 is 1.32 bits per heavy atom. The summed E-state index contributed by atoms with van der Waals surface area (Å²) in [6, 6.07) is 14.3. The third-order valence-corrected chi connectivity index (χ3v) is 6.96. The summed E-state index contributed by atoms with van der Waals surface area (Å²) in [5.41, 5.74) is 0. The van der Waals surface area contributed by atoms with Crippen LogP contribution < -0.4 is 20.1 Å². The number of methoxy groups -OCH3 is 2. The van der Waals surface area contributed by atoms with Gasteiger partial charge in [-0.3, -0.25) is 0 Å². The van der Waals surface area contributed by atoms with Gasteiger partial charge in [0.1, 0.15) is 11.5 Å². The standard InChI is InChI=1S/C15H17O2PS/c1-16-12-4-8-14(9-5-12)18(3,19)15-10-6-13(17-2)7-11-15/h4-11H,1-3H3. The molecule has 2 aromatic rings. The number of hydrogen-bond donors (Lipinski definition) is 0. The van der Waals surface area contributed by atoms with Crippen molar-refractivity contribution in [3.8, 4) is 11.5 Å². The van der Waals surface area contributed by atoms with Crippen LogP contribution in [-0.2, 0) is 11.8 Å². The number of hydrogen-bond acceptors (Lipinski definition) is 3. The molecule has 100 valence electrons. The van der Waals surface area contributed by atoms with Crippen molar-refractivity contribution in [2.24, 2.45) is 0 Å². The molecule has 19 heavy (non-hydrogen) atoms. The molecule has 0 aliphatic rings. The number of ether oxygens (including phenoxy) is 2. The second-order valence-electron chi connectivity index (χ2n) is 4.32. The molecule has 0 aliphatic carbocycles. The van der Waals surface area contributed by atoms with Gasteiger partial charge in [0.15, 0.2) is 0 Å². The number of rotatable bonds is 4. The van der Waals surface area contributed by atoms with Crippen LogP contribution in [0.2, 0.25) is 0 Å². The highest BCUT2D eigenvalue weighted by Crippen LogP contribution is 2.39. The fraction of sp³-hybridized carbons (Fsp3) is 0.200. The molecule has 0 atom stereocenters. The highest BCUT2D eigenvalue weighted by Gasteiger charge is 2.16. The topological polar surface area (TPSA) is 18.5 Å².